The van der Waals surface area contributed by atoms with Crippen molar-refractivity contribution < 1.29 is 14.3 Å². The molecule has 3 fully saturated rings. The Hall–Kier alpha value is -0.870. The predicted octanol–water partition coefficient (Wildman–Crippen LogP) is 7.32. The molecule has 0 saturated heterocycles. The summed E-state index contributed by atoms with van der Waals surface area (Å²) < 4.78 is 11.2. The van der Waals surface area contributed by atoms with Crippen LogP contribution in [0.25, 0.3) is 0 Å². The maximum Gasteiger partial charge on any atom is 0.319 e. The van der Waals surface area contributed by atoms with Gasteiger partial charge in [0.1, 0.15) is 0 Å². The van der Waals surface area contributed by atoms with Gasteiger partial charge < -0.3 is 14.8 Å². The van der Waals surface area contributed by atoms with Gasteiger partial charge in [-0.25, -0.2) is 0 Å². The number of nitrogens with one attached hydrogen (secondary N) is 1. The highest BCUT2D eigenvalue weighted by molar-refractivity contribution is 5.71. The fraction of sp³-hybridized carbons (Fsp3) is 0.906. The molecule has 0 bridgehead atoms. The van der Waals surface area contributed by atoms with E-state index >= 15 is 0 Å². The van der Waals surface area contributed by atoms with E-state index in [9.17, 15) is 4.79 Å². The lowest BCUT2D eigenvalue weighted by Gasteiger charge is -2.58. The number of ether oxygens (including phenoxy) is 2. The number of unbranched alkanes of at least 4 members (excludes halogenated alkanes) is 1. The SMILES string of the molecule is CCOC(=O)CNCCOC1CCC2(C)C(=CCC3C2CCC2(C)C3CC[C@@H]2CCCCC(C)C)C1. The van der Waals surface area contributed by atoms with Gasteiger partial charge in [0, 0.05) is 6.54 Å². The van der Waals surface area contributed by atoms with Crippen molar-refractivity contribution in [2.45, 2.75) is 118 Å². The maximum absolute atomic E-state index is 11.5. The molecule has 0 radical (unpaired) electrons. The van der Waals surface area contributed by atoms with E-state index in [2.05, 4.69) is 39.1 Å². The highest BCUT2D eigenvalue weighted by Gasteiger charge is 2.58. The Morgan fingerprint density at radius 1 is 1.11 bits per heavy atom. The zero-order valence-electron chi connectivity index (χ0n) is 24.1. The number of carbonyl (C=O) groups is 1. The highest BCUT2D eigenvalue weighted by atomic mass is 16.5. The minimum atomic E-state index is -0.184. The molecule has 4 nitrogen and oxygen atoms in total. The minimum absolute atomic E-state index is 0.184. The first kappa shape index (κ1) is 28.1. The molecule has 0 heterocycles. The van der Waals surface area contributed by atoms with Gasteiger partial charge in [0.15, 0.2) is 0 Å². The van der Waals surface area contributed by atoms with Gasteiger partial charge in [-0.1, -0.05) is 58.6 Å². The molecule has 4 rings (SSSR count). The summed E-state index contributed by atoms with van der Waals surface area (Å²) in [5, 5.41) is 3.15. The molecule has 36 heavy (non-hydrogen) atoms. The second-order valence-electron chi connectivity index (χ2n) is 13.5. The third-order valence-corrected chi connectivity index (χ3v) is 11.0. The fourth-order valence-electron chi connectivity index (χ4n) is 9.00. The van der Waals surface area contributed by atoms with Gasteiger partial charge in [-0.05, 0) is 105 Å². The molecule has 0 spiro atoms. The van der Waals surface area contributed by atoms with Crippen molar-refractivity contribution in [1.82, 2.24) is 5.32 Å². The highest BCUT2D eigenvalue weighted by Crippen LogP contribution is 2.66. The van der Waals surface area contributed by atoms with Gasteiger partial charge in [-0.15, -0.1) is 0 Å². The van der Waals surface area contributed by atoms with Crippen LogP contribution in [0.4, 0.5) is 0 Å². The van der Waals surface area contributed by atoms with E-state index in [4.69, 9.17) is 9.47 Å². The largest absolute Gasteiger partial charge is 0.465 e. The molecule has 4 aliphatic carbocycles. The summed E-state index contributed by atoms with van der Waals surface area (Å²) in [5.74, 6) is 4.36. The second kappa shape index (κ2) is 12.3. The van der Waals surface area contributed by atoms with Crippen LogP contribution in [-0.4, -0.2) is 38.4 Å². The summed E-state index contributed by atoms with van der Waals surface area (Å²) in [7, 11) is 0. The van der Waals surface area contributed by atoms with Gasteiger partial charge in [-0.2, -0.15) is 0 Å². The van der Waals surface area contributed by atoms with E-state index in [-0.39, 0.29) is 12.5 Å². The molecule has 0 aromatic rings. The molecule has 0 aliphatic heterocycles. The standard InChI is InChI=1S/C32H55NO3/c1-6-35-30(34)22-33-19-20-36-26-15-17-32(5)25(21-26)11-13-27-28-14-12-24(10-8-7-9-23(2)3)31(28,4)18-16-29(27)32/h11,23-24,26-29,33H,6-10,12-22H2,1-5H3/t24-,26?,27?,28?,29?,31?,32?/m0/s1. The Labute approximate surface area is 221 Å². The van der Waals surface area contributed by atoms with Crippen LogP contribution in [0.2, 0.25) is 0 Å². The molecule has 4 heteroatoms. The Kier molecular flexibility index (Phi) is 9.64. The Morgan fingerprint density at radius 3 is 2.72 bits per heavy atom. The number of rotatable bonds is 12. The topological polar surface area (TPSA) is 47.6 Å². The lowest BCUT2D eigenvalue weighted by Crippen LogP contribution is -2.50. The average molecular weight is 502 g/mol. The van der Waals surface area contributed by atoms with Gasteiger partial charge >= 0.3 is 5.97 Å². The van der Waals surface area contributed by atoms with Gasteiger partial charge in [-0.3, -0.25) is 4.79 Å². The summed E-state index contributed by atoms with van der Waals surface area (Å²) in [5.41, 5.74) is 2.69. The zero-order chi connectivity index (χ0) is 25.8. The van der Waals surface area contributed by atoms with E-state index < -0.39 is 0 Å². The quantitative estimate of drug-likeness (QED) is 0.173. The minimum Gasteiger partial charge on any atom is -0.465 e. The van der Waals surface area contributed by atoms with E-state index in [0.29, 0.717) is 36.7 Å². The normalized spacial score (nSPS) is 37.7. The van der Waals surface area contributed by atoms with Crippen LogP contribution in [0, 0.1) is 40.4 Å². The summed E-state index contributed by atoms with van der Waals surface area (Å²) >= 11 is 0. The third-order valence-electron chi connectivity index (χ3n) is 11.0. The summed E-state index contributed by atoms with van der Waals surface area (Å²) in [6.45, 7) is 13.9. The van der Waals surface area contributed by atoms with Crippen LogP contribution in [-0.2, 0) is 14.3 Å². The molecular weight excluding hydrogens is 446 g/mol. The van der Waals surface area contributed by atoms with Crippen molar-refractivity contribution >= 4 is 5.97 Å². The average Bonchev–Trinajstić information content (AvgIpc) is 3.18. The van der Waals surface area contributed by atoms with E-state index in [1.807, 2.05) is 6.92 Å². The molecule has 0 amide bonds. The van der Waals surface area contributed by atoms with Crippen LogP contribution in [0.15, 0.2) is 11.6 Å². The third kappa shape index (κ3) is 6.06. The molecule has 4 aliphatic rings. The number of hydrogen-bond donors (Lipinski definition) is 1. The van der Waals surface area contributed by atoms with Crippen molar-refractivity contribution in [3.8, 4) is 0 Å². The number of hydrogen-bond acceptors (Lipinski definition) is 4. The first-order chi connectivity index (χ1) is 17.3. The summed E-state index contributed by atoms with van der Waals surface area (Å²) in [6, 6.07) is 0. The van der Waals surface area contributed by atoms with Gasteiger partial charge in [0.25, 0.3) is 0 Å². The lowest BCUT2D eigenvalue weighted by atomic mass is 9.47. The lowest BCUT2D eigenvalue weighted by molar-refractivity contribution is -0.142. The molecule has 0 aromatic heterocycles. The van der Waals surface area contributed by atoms with Crippen molar-refractivity contribution in [2.75, 3.05) is 26.3 Å². The van der Waals surface area contributed by atoms with E-state index in [1.165, 1.54) is 70.6 Å². The maximum atomic E-state index is 11.5. The second-order valence-corrected chi connectivity index (χ2v) is 13.5. The van der Waals surface area contributed by atoms with E-state index in [0.717, 1.165) is 36.0 Å². The zero-order valence-corrected chi connectivity index (χ0v) is 24.1. The molecule has 0 aromatic carbocycles. The Balaban J connectivity index is 1.28. The number of allylic oxidation sites excluding steroid dienone is 1. The Morgan fingerprint density at radius 2 is 1.94 bits per heavy atom. The smallest absolute Gasteiger partial charge is 0.319 e. The number of carbonyl (C=O) groups excluding carboxylic acids is 1. The van der Waals surface area contributed by atoms with Crippen molar-refractivity contribution in [3.05, 3.63) is 11.6 Å². The van der Waals surface area contributed by atoms with E-state index in [1.54, 1.807) is 5.57 Å². The Bertz CT molecular complexity index is 762. The molecule has 3 saturated carbocycles. The number of esters is 1. The fourth-order valence-corrected chi connectivity index (χ4v) is 9.00. The molecule has 7 atom stereocenters. The van der Waals surface area contributed by atoms with Crippen LogP contribution >= 0.6 is 0 Å². The van der Waals surface area contributed by atoms with Crippen LogP contribution in [0.1, 0.15) is 112 Å². The van der Waals surface area contributed by atoms with Crippen molar-refractivity contribution in [1.29, 1.82) is 0 Å². The molecule has 1 N–H and O–H groups in total. The summed E-state index contributed by atoms with van der Waals surface area (Å²) in [4.78, 5) is 11.5. The first-order valence-corrected chi connectivity index (χ1v) is 15.5. The monoisotopic (exact) mass is 501 g/mol. The molecular formula is C32H55NO3. The van der Waals surface area contributed by atoms with Gasteiger partial charge in [0.05, 0.1) is 25.9 Å². The predicted molar refractivity (Wildman–Crippen MR) is 148 cm³/mol. The van der Waals surface area contributed by atoms with Crippen LogP contribution < -0.4 is 5.32 Å². The molecule has 6 unspecified atom stereocenters. The van der Waals surface area contributed by atoms with Crippen molar-refractivity contribution in [3.63, 3.8) is 0 Å². The first-order valence-electron chi connectivity index (χ1n) is 15.5. The van der Waals surface area contributed by atoms with Crippen molar-refractivity contribution in [2.24, 2.45) is 40.4 Å². The molecule has 206 valence electrons. The van der Waals surface area contributed by atoms with Crippen LogP contribution in [0.5, 0.6) is 0 Å². The van der Waals surface area contributed by atoms with Gasteiger partial charge in [0.2, 0.25) is 0 Å². The number of fused-ring (bicyclic) bond motifs is 5. The van der Waals surface area contributed by atoms with Crippen LogP contribution in [0.3, 0.4) is 0 Å². The summed E-state index contributed by atoms with van der Waals surface area (Å²) in [6.07, 6.45) is 19.5.